The standard InChI is InChI=1S/C22H31N3O3/c26-20(24-12-7-17-5-10-23-11-6-17)19-15-25(21(27)18-3-1-2-4-18)16-22(19)8-13-28-14-9-22/h5-6,10-11,18-19H,1-4,7-9,12-16H2,(H,24,26). The molecular weight excluding hydrogens is 354 g/mol. The average Bonchev–Trinajstić information content (AvgIpc) is 3.38. The molecular formula is C22H31N3O3. The lowest BCUT2D eigenvalue weighted by Crippen LogP contribution is -2.44. The van der Waals surface area contributed by atoms with Crippen LogP contribution >= 0.6 is 0 Å². The molecule has 1 aliphatic carbocycles. The van der Waals surface area contributed by atoms with Crippen molar-refractivity contribution in [1.82, 2.24) is 15.2 Å². The van der Waals surface area contributed by atoms with E-state index in [1.54, 1.807) is 12.4 Å². The summed E-state index contributed by atoms with van der Waals surface area (Å²) in [6.07, 6.45) is 10.4. The molecule has 1 aromatic rings. The Morgan fingerprint density at radius 1 is 1.18 bits per heavy atom. The molecule has 0 aromatic carbocycles. The van der Waals surface area contributed by atoms with Gasteiger partial charge in [0, 0.05) is 56.6 Å². The summed E-state index contributed by atoms with van der Waals surface area (Å²) in [5, 5.41) is 3.14. The number of pyridine rings is 1. The maximum atomic E-state index is 13.1. The third-order valence-electron chi connectivity index (χ3n) is 6.93. The minimum atomic E-state index is -0.126. The van der Waals surface area contributed by atoms with Gasteiger partial charge in [0.05, 0.1) is 5.92 Å². The molecule has 0 bridgehead atoms. The number of likely N-dealkylation sites (tertiary alicyclic amines) is 1. The van der Waals surface area contributed by atoms with Gasteiger partial charge in [0.25, 0.3) is 0 Å². The number of ether oxygens (including phenoxy) is 1. The summed E-state index contributed by atoms with van der Waals surface area (Å²) in [7, 11) is 0. The predicted molar refractivity (Wildman–Crippen MR) is 105 cm³/mol. The van der Waals surface area contributed by atoms with E-state index < -0.39 is 0 Å². The molecule has 1 unspecified atom stereocenters. The molecule has 2 aliphatic heterocycles. The van der Waals surface area contributed by atoms with Gasteiger partial charge in [0.15, 0.2) is 0 Å². The summed E-state index contributed by atoms with van der Waals surface area (Å²) in [5.41, 5.74) is 1.05. The maximum absolute atomic E-state index is 13.1. The first-order valence-corrected chi connectivity index (χ1v) is 10.7. The Balaban J connectivity index is 1.40. The summed E-state index contributed by atoms with van der Waals surface area (Å²) in [6.45, 7) is 3.27. The third-order valence-corrected chi connectivity index (χ3v) is 6.93. The van der Waals surface area contributed by atoms with E-state index in [1.165, 1.54) is 5.56 Å². The van der Waals surface area contributed by atoms with Crippen molar-refractivity contribution in [3.63, 3.8) is 0 Å². The monoisotopic (exact) mass is 385 g/mol. The Morgan fingerprint density at radius 2 is 1.89 bits per heavy atom. The highest BCUT2D eigenvalue weighted by atomic mass is 16.5. The van der Waals surface area contributed by atoms with Gasteiger partial charge in [-0.3, -0.25) is 14.6 Å². The molecule has 2 saturated heterocycles. The largest absolute Gasteiger partial charge is 0.381 e. The minimum absolute atomic E-state index is 0.0951. The van der Waals surface area contributed by atoms with Crippen LogP contribution in [0.4, 0.5) is 0 Å². The fourth-order valence-corrected chi connectivity index (χ4v) is 5.22. The molecule has 28 heavy (non-hydrogen) atoms. The Labute approximate surface area is 167 Å². The van der Waals surface area contributed by atoms with Crippen LogP contribution in [-0.4, -0.2) is 54.5 Å². The fraction of sp³-hybridized carbons (Fsp3) is 0.682. The van der Waals surface area contributed by atoms with Crippen LogP contribution in [0.5, 0.6) is 0 Å². The van der Waals surface area contributed by atoms with Gasteiger partial charge in [-0.2, -0.15) is 0 Å². The lowest BCUT2D eigenvalue weighted by atomic mass is 9.71. The van der Waals surface area contributed by atoms with Crippen LogP contribution in [0, 0.1) is 17.3 Å². The Kier molecular flexibility index (Phi) is 5.95. The highest BCUT2D eigenvalue weighted by Crippen LogP contribution is 2.45. The summed E-state index contributed by atoms with van der Waals surface area (Å²) in [6, 6.07) is 3.95. The highest BCUT2D eigenvalue weighted by Gasteiger charge is 2.52. The van der Waals surface area contributed by atoms with Gasteiger partial charge in [-0.05, 0) is 49.8 Å². The Bertz CT molecular complexity index is 682. The number of aromatic nitrogens is 1. The van der Waals surface area contributed by atoms with Crippen molar-refractivity contribution < 1.29 is 14.3 Å². The van der Waals surface area contributed by atoms with Gasteiger partial charge in [0.1, 0.15) is 0 Å². The van der Waals surface area contributed by atoms with Crippen LogP contribution in [0.1, 0.15) is 44.1 Å². The Hall–Kier alpha value is -1.95. The lowest BCUT2D eigenvalue weighted by molar-refractivity contribution is -0.135. The number of hydrogen-bond acceptors (Lipinski definition) is 4. The molecule has 4 rings (SSSR count). The van der Waals surface area contributed by atoms with Gasteiger partial charge in [-0.15, -0.1) is 0 Å². The average molecular weight is 386 g/mol. The van der Waals surface area contributed by atoms with Crippen LogP contribution in [0.2, 0.25) is 0 Å². The first kappa shape index (κ1) is 19.4. The van der Waals surface area contributed by atoms with Gasteiger partial charge in [-0.1, -0.05) is 12.8 Å². The number of rotatable bonds is 5. The van der Waals surface area contributed by atoms with E-state index >= 15 is 0 Å². The second kappa shape index (κ2) is 8.60. The van der Waals surface area contributed by atoms with Crippen molar-refractivity contribution in [2.45, 2.75) is 44.9 Å². The number of hydrogen-bond donors (Lipinski definition) is 1. The first-order chi connectivity index (χ1) is 13.7. The van der Waals surface area contributed by atoms with E-state index in [4.69, 9.17) is 4.74 Å². The summed E-state index contributed by atoms with van der Waals surface area (Å²) in [5.74, 6) is 0.415. The second-order valence-corrected chi connectivity index (χ2v) is 8.62. The van der Waals surface area contributed by atoms with Crippen molar-refractivity contribution in [1.29, 1.82) is 0 Å². The van der Waals surface area contributed by atoms with Gasteiger partial charge in [-0.25, -0.2) is 0 Å². The van der Waals surface area contributed by atoms with E-state index in [9.17, 15) is 9.59 Å². The molecule has 2 amide bonds. The zero-order chi connectivity index (χ0) is 19.4. The molecule has 3 aliphatic rings. The van der Waals surface area contributed by atoms with E-state index in [-0.39, 0.29) is 29.1 Å². The molecule has 1 spiro atoms. The van der Waals surface area contributed by atoms with Crippen LogP contribution in [0.3, 0.4) is 0 Å². The molecule has 6 nitrogen and oxygen atoms in total. The Morgan fingerprint density at radius 3 is 2.61 bits per heavy atom. The topological polar surface area (TPSA) is 71.5 Å². The summed E-state index contributed by atoms with van der Waals surface area (Å²) >= 11 is 0. The van der Waals surface area contributed by atoms with Crippen molar-refractivity contribution in [2.24, 2.45) is 17.3 Å². The molecule has 1 atom stereocenters. The minimum Gasteiger partial charge on any atom is -0.381 e. The third kappa shape index (κ3) is 4.07. The summed E-state index contributed by atoms with van der Waals surface area (Å²) in [4.78, 5) is 32.1. The number of amides is 2. The lowest BCUT2D eigenvalue weighted by Gasteiger charge is -2.37. The normalized spacial score (nSPS) is 24.6. The first-order valence-electron chi connectivity index (χ1n) is 10.7. The number of nitrogens with zero attached hydrogens (tertiary/aromatic N) is 2. The maximum Gasteiger partial charge on any atom is 0.225 e. The smallest absolute Gasteiger partial charge is 0.225 e. The number of carbonyl (C=O) groups excluding carboxylic acids is 2. The van der Waals surface area contributed by atoms with Crippen LogP contribution in [0.15, 0.2) is 24.5 Å². The molecule has 0 radical (unpaired) electrons. The molecule has 1 saturated carbocycles. The van der Waals surface area contributed by atoms with E-state index in [2.05, 4.69) is 10.3 Å². The quantitative estimate of drug-likeness (QED) is 0.843. The van der Waals surface area contributed by atoms with Crippen LogP contribution < -0.4 is 5.32 Å². The van der Waals surface area contributed by atoms with Crippen molar-refractivity contribution in [3.05, 3.63) is 30.1 Å². The molecule has 6 heteroatoms. The second-order valence-electron chi connectivity index (χ2n) is 8.62. The van der Waals surface area contributed by atoms with Crippen LogP contribution in [-0.2, 0) is 20.7 Å². The number of carbonyl (C=O) groups is 2. The van der Waals surface area contributed by atoms with Crippen LogP contribution in [0.25, 0.3) is 0 Å². The molecule has 152 valence electrons. The zero-order valence-electron chi connectivity index (χ0n) is 16.6. The van der Waals surface area contributed by atoms with Gasteiger partial charge >= 0.3 is 0 Å². The van der Waals surface area contributed by atoms with Gasteiger partial charge < -0.3 is 15.0 Å². The molecule has 3 heterocycles. The van der Waals surface area contributed by atoms with E-state index in [0.29, 0.717) is 32.8 Å². The molecule has 3 fully saturated rings. The van der Waals surface area contributed by atoms with E-state index in [0.717, 1.165) is 44.9 Å². The fourth-order valence-electron chi connectivity index (χ4n) is 5.22. The zero-order valence-corrected chi connectivity index (χ0v) is 16.6. The molecule has 1 N–H and O–H groups in total. The van der Waals surface area contributed by atoms with Crippen molar-refractivity contribution in [3.8, 4) is 0 Å². The summed E-state index contributed by atoms with van der Waals surface area (Å²) < 4.78 is 5.58. The predicted octanol–water partition coefficient (Wildman–Crippen LogP) is 2.19. The van der Waals surface area contributed by atoms with Crippen molar-refractivity contribution >= 4 is 11.8 Å². The number of nitrogens with one attached hydrogen (secondary N) is 1. The highest BCUT2D eigenvalue weighted by molar-refractivity contribution is 5.84. The van der Waals surface area contributed by atoms with Gasteiger partial charge in [0.2, 0.25) is 11.8 Å². The van der Waals surface area contributed by atoms with Crippen molar-refractivity contribution in [2.75, 3.05) is 32.8 Å². The SMILES string of the molecule is O=C(NCCc1ccncc1)C1CN(C(=O)C2CCCC2)CC12CCOCC2. The van der Waals surface area contributed by atoms with E-state index in [1.807, 2.05) is 17.0 Å². The molecule has 1 aromatic heterocycles.